The van der Waals surface area contributed by atoms with Crippen LogP contribution in [0.15, 0.2) is 18.2 Å². The number of aliphatic carboxylic acids is 1. The number of anilines is 1. The molecule has 0 spiro atoms. The average Bonchev–Trinajstić information content (AvgIpc) is 2.42. The van der Waals surface area contributed by atoms with Crippen molar-refractivity contribution in [1.82, 2.24) is 0 Å². The number of nitriles is 1. The van der Waals surface area contributed by atoms with E-state index in [0.717, 1.165) is 6.42 Å². The van der Waals surface area contributed by atoms with E-state index in [2.05, 4.69) is 5.32 Å². The number of carbonyl (C=O) groups is 1. The van der Waals surface area contributed by atoms with Crippen molar-refractivity contribution in [3.63, 3.8) is 0 Å². The monoisotopic (exact) mass is 277 g/mol. The molecule has 0 aliphatic heterocycles. The number of carboxylic acids is 1. The van der Waals surface area contributed by atoms with E-state index in [0.29, 0.717) is 12.8 Å². The first-order valence-corrected chi connectivity index (χ1v) is 6.17. The first kappa shape index (κ1) is 15.4. The van der Waals surface area contributed by atoms with Gasteiger partial charge in [-0.15, -0.1) is 0 Å². The standard InChI is InChI=1S/C13H15N3O4/c1-2-3-4-10(13(17)18)15-11-7-9(8-14)5-6-12(11)16(19)20/h5-7,10,15H,2-4H2,1H3,(H,17,18). The molecule has 106 valence electrons. The maximum atomic E-state index is 11.1. The van der Waals surface area contributed by atoms with E-state index in [1.165, 1.54) is 18.2 Å². The minimum absolute atomic E-state index is 0.0533. The van der Waals surface area contributed by atoms with Gasteiger partial charge in [-0.1, -0.05) is 19.8 Å². The van der Waals surface area contributed by atoms with Gasteiger partial charge in [0.15, 0.2) is 0 Å². The maximum absolute atomic E-state index is 11.1. The lowest BCUT2D eigenvalue weighted by molar-refractivity contribution is -0.384. The number of nitrogens with one attached hydrogen (secondary N) is 1. The number of benzene rings is 1. The molecule has 0 aromatic heterocycles. The van der Waals surface area contributed by atoms with Crippen LogP contribution in [0, 0.1) is 21.4 Å². The number of hydrogen-bond donors (Lipinski definition) is 2. The van der Waals surface area contributed by atoms with Crippen molar-refractivity contribution in [2.24, 2.45) is 0 Å². The minimum atomic E-state index is -1.07. The molecular weight excluding hydrogens is 262 g/mol. The Hall–Kier alpha value is -2.62. The van der Waals surface area contributed by atoms with Gasteiger partial charge in [-0.05, 0) is 18.6 Å². The molecule has 1 rings (SSSR count). The summed E-state index contributed by atoms with van der Waals surface area (Å²) in [5, 5.41) is 31.5. The van der Waals surface area contributed by atoms with Crippen molar-refractivity contribution in [3.8, 4) is 6.07 Å². The normalized spacial score (nSPS) is 11.4. The molecule has 0 amide bonds. The summed E-state index contributed by atoms with van der Waals surface area (Å²) in [5.74, 6) is -1.07. The van der Waals surface area contributed by atoms with Gasteiger partial charge >= 0.3 is 5.97 Å². The van der Waals surface area contributed by atoms with Crippen LogP contribution in [0.4, 0.5) is 11.4 Å². The second-order valence-electron chi connectivity index (χ2n) is 4.28. The quantitative estimate of drug-likeness (QED) is 0.584. The molecule has 0 saturated heterocycles. The molecular formula is C13H15N3O4. The Morgan fingerprint density at radius 1 is 1.60 bits per heavy atom. The lowest BCUT2D eigenvalue weighted by Gasteiger charge is -2.15. The molecule has 0 aliphatic rings. The molecule has 1 atom stereocenters. The third-order valence-corrected chi connectivity index (χ3v) is 2.80. The number of unbranched alkanes of at least 4 members (excludes halogenated alkanes) is 1. The Kier molecular flexibility index (Phi) is 5.47. The van der Waals surface area contributed by atoms with Crippen LogP contribution in [0.3, 0.4) is 0 Å². The summed E-state index contributed by atoms with van der Waals surface area (Å²) in [6.45, 7) is 1.93. The second kappa shape index (κ2) is 7.09. The number of carboxylic acid groups (broad SMARTS) is 1. The Bertz CT molecular complexity index is 551. The Labute approximate surface area is 116 Å². The van der Waals surface area contributed by atoms with E-state index in [4.69, 9.17) is 10.4 Å². The molecule has 7 heteroatoms. The van der Waals surface area contributed by atoms with E-state index in [1.807, 2.05) is 13.0 Å². The van der Waals surface area contributed by atoms with Gasteiger partial charge < -0.3 is 10.4 Å². The van der Waals surface area contributed by atoms with Crippen LogP contribution in [-0.2, 0) is 4.79 Å². The van der Waals surface area contributed by atoms with Gasteiger partial charge in [0.25, 0.3) is 5.69 Å². The fourth-order valence-corrected chi connectivity index (χ4v) is 1.73. The van der Waals surface area contributed by atoms with Crippen LogP contribution >= 0.6 is 0 Å². The largest absolute Gasteiger partial charge is 0.480 e. The number of nitrogens with zero attached hydrogens (tertiary/aromatic N) is 2. The smallest absolute Gasteiger partial charge is 0.326 e. The fraction of sp³-hybridized carbons (Fsp3) is 0.385. The van der Waals surface area contributed by atoms with Gasteiger partial charge in [0.2, 0.25) is 0 Å². The van der Waals surface area contributed by atoms with Gasteiger partial charge in [0, 0.05) is 6.07 Å². The first-order chi connectivity index (χ1) is 9.49. The lowest BCUT2D eigenvalue weighted by atomic mass is 10.1. The number of hydrogen-bond acceptors (Lipinski definition) is 5. The maximum Gasteiger partial charge on any atom is 0.326 e. The predicted octanol–water partition coefficient (Wildman–Crippen LogP) is 2.52. The van der Waals surface area contributed by atoms with Gasteiger partial charge in [0.05, 0.1) is 16.6 Å². The van der Waals surface area contributed by atoms with E-state index in [9.17, 15) is 14.9 Å². The average molecular weight is 277 g/mol. The molecule has 0 heterocycles. The van der Waals surface area contributed by atoms with E-state index < -0.39 is 16.9 Å². The molecule has 2 N–H and O–H groups in total. The van der Waals surface area contributed by atoms with Gasteiger partial charge in [0.1, 0.15) is 11.7 Å². The summed E-state index contributed by atoms with van der Waals surface area (Å²) >= 11 is 0. The van der Waals surface area contributed by atoms with Crippen LogP contribution in [0.25, 0.3) is 0 Å². The summed E-state index contributed by atoms with van der Waals surface area (Å²) < 4.78 is 0. The van der Waals surface area contributed by atoms with Gasteiger partial charge in [-0.25, -0.2) is 4.79 Å². The summed E-state index contributed by atoms with van der Waals surface area (Å²) in [6.07, 6.45) is 1.88. The van der Waals surface area contributed by atoms with Crippen molar-refractivity contribution in [2.75, 3.05) is 5.32 Å². The highest BCUT2D eigenvalue weighted by Gasteiger charge is 2.21. The highest BCUT2D eigenvalue weighted by atomic mass is 16.6. The predicted molar refractivity (Wildman–Crippen MR) is 72.4 cm³/mol. The molecule has 0 aliphatic carbocycles. The third-order valence-electron chi connectivity index (χ3n) is 2.80. The van der Waals surface area contributed by atoms with Gasteiger partial charge in [-0.3, -0.25) is 10.1 Å². The van der Waals surface area contributed by atoms with Crippen LogP contribution < -0.4 is 5.32 Å². The zero-order chi connectivity index (χ0) is 15.1. The summed E-state index contributed by atoms with van der Waals surface area (Å²) in [7, 11) is 0. The zero-order valence-corrected chi connectivity index (χ0v) is 11.0. The van der Waals surface area contributed by atoms with Crippen LogP contribution in [-0.4, -0.2) is 22.0 Å². The number of nitro benzene ring substituents is 1. The molecule has 1 aromatic carbocycles. The number of rotatable bonds is 7. The van der Waals surface area contributed by atoms with Crippen molar-refractivity contribution in [1.29, 1.82) is 5.26 Å². The van der Waals surface area contributed by atoms with Crippen LogP contribution in [0.1, 0.15) is 31.7 Å². The molecule has 20 heavy (non-hydrogen) atoms. The Morgan fingerprint density at radius 2 is 2.30 bits per heavy atom. The van der Waals surface area contributed by atoms with Crippen molar-refractivity contribution >= 4 is 17.3 Å². The minimum Gasteiger partial charge on any atom is -0.480 e. The Morgan fingerprint density at radius 3 is 2.80 bits per heavy atom. The van der Waals surface area contributed by atoms with E-state index in [-0.39, 0.29) is 16.9 Å². The molecule has 0 radical (unpaired) electrons. The molecule has 0 bridgehead atoms. The summed E-state index contributed by atoms with van der Waals surface area (Å²) in [4.78, 5) is 21.5. The summed E-state index contributed by atoms with van der Waals surface area (Å²) in [5.41, 5.74) is 0.0435. The highest BCUT2D eigenvalue weighted by Crippen LogP contribution is 2.26. The van der Waals surface area contributed by atoms with Gasteiger partial charge in [-0.2, -0.15) is 5.26 Å². The topological polar surface area (TPSA) is 116 Å². The molecule has 1 aromatic rings. The van der Waals surface area contributed by atoms with Crippen LogP contribution in [0.5, 0.6) is 0 Å². The molecule has 0 fully saturated rings. The highest BCUT2D eigenvalue weighted by molar-refractivity contribution is 5.79. The van der Waals surface area contributed by atoms with Crippen molar-refractivity contribution in [2.45, 2.75) is 32.2 Å². The third kappa shape index (κ3) is 3.95. The van der Waals surface area contributed by atoms with E-state index >= 15 is 0 Å². The molecule has 1 unspecified atom stereocenters. The zero-order valence-electron chi connectivity index (χ0n) is 11.0. The second-order valence-corrected chi connectivity index (χ2v) is 4.28. The van der Waals surface area contributed by atoms with E-state index in [1.54, 1.807) is 0 Å². The first-order valence-electron chi connectivity index (χ1n) is 6.17. The van der Waals surface area contributed by atoms with Crippen molar-refractivity contribution < 1.29 is 14.8 Å². The Balaban J connectivity index is 3.06. The lowest BCUT2D eigenvalue weighted by Crippen LogP contribution is -2.29. The SMILES string of the molecule is CCCCC(Nc1cc(C#N)ccc1[N+](=O)[O-])C(=O)O. The number of nitro groups is 1. The molecule has 0 saturated carbocycles. The van der Waals surface area contributed by atoms with Crippen molar-refractivity contribution in [3.05, 3.63) is 33.9 Å². The summed E-state index contributed by atoms with van der Waals surface area (Å²) in [6, 6.07) is 4.77. The fourth-order valence-electron chi connectivity index (χ4n) is 1.73. The molecule has 7 nitrogen and oxygen atoms in total. The van der Waals surface area contributed by atoms with Crippen LogP contribution in [0.2, 0.25) is 0 Å².